The summed E-state index contributed by atoms with van der Waals surface area (Å²) >= 11 is 0. The monoisotopic (exact) mass is 275 g/mol. The molecule has 1 amide bonds. The number of nitrogen functional groups attached to an aromatic ring is 1. The first-order valence-electron chi connectivity index (χ1n) is 6.34. The second kappa shape index (κ2) is 6.16. The van der Waals surface area contributed by atoms with Crippen LogP contribution in [0.4, 0.5) is 11.7 Å². The van der Waals surface area contributed by atoms with E-state index in [4.69, 9.17) is 10.4 Å². The summed E-state index contributed by atoms with van der Waals surface area (Å²) in [5, 5.41) is 6.34. The summed E-state index contributed by atoms with van der Waals surface area (Å²) in [6, 6.07) is 4.97. The summed E-state index contributed by atoms with van der Waals surface area (Å²) in [5.74, 6) is 5.84. The van der Waals surface area contributed by atoms with Crippen molar-refractivity contribution in [3.05, 3.63) is 35.2 Å². The second-order valence-electron chi connectivity index (χ2n) is 4.41. The molecule has 20 heavy (non-hydrogen) atoms. The molecule has 0 radical (unpaired) electrons. The summed E-state index contributed by atoms with van der Waals surface area (Å²) in [7, 11) is 0. The molecule has 0 atom stereocenters. The van der Waals surface area contributed by atoms with Gasteiger partial charge in [-0.25, -0.2) is 10.8 Å². The number of hydrogen-bond acceptors (Lipinski definition) is 6. The number of nitrogens with zero attached hydrogens (tertiary/aromatic N) is 2. The molecule has 4 N–H and O–H groups in total. The largest absolute Gasteiger partial charge is 0.338 e. The molecule has 7 heteroatoms. The molecule has 0 saturated carbocycles. The van der Waals surface area contributed by atoms with Gasteiger partial charge in [0.15, 0.2) is 0 Å². The Balaban J connectivity index is 2.21. The van der Waals surface area contributed by atoms with Crippen LogP contribution in [-0.2, 0) is 6.42 Å². The number of hydrogen-bond donors (Lipinski definition) is 3. The molecular weight excluding hydrogens is 258 g/mol. The molecule has 106 valence electrons. The second-order valence-corrected chi connectivity index (χ2v) is 4.41. The lowest BCUT2D eigenvalue weighted by Crippen LogP contribution is -2.15. The van der Waals surface area contributed by atoms with Gasteiger partial charge in [0.2, 0.25) is 5.88 Å². The Kier molecular flexibility index (Phi) is 4.31. The molecule has 7 nitrogen and oxygen atoms in total. The zero-order valence-corrected chi connectivity index (χ0v) is 11.4. The molecule has 0 fully saturated rings. The number of pyridine rings is 1. The fourth-order valence-electron chi connectivity index (χ4n) is 1.78. The molecule has 2 aromatic rings. The Morgan fingerprint density at radius 1 is 1.40 bits per heavy atom. The third kappa shape index (κ3) is 3.33. The minimum Gasteiger partial charge on any atom is -0.338 e. The van der Waals surface area contributed by atoms with Crippen molar-refractivity contribution in [3.8, 4) is 0 Å². The number of nitrogens with one attached hydrogen (secondary N) is 2. The predicted octanol–water partition coefficient (Wildman–Crippen LogP) is 1.87. The lowest BCUT2D eigenvalue weighted by molar-refractivity contribution is 0.102. The highest BCUT2D eigenvalue weighted by Crippen LogP contribution is 2.15. The van der Waals surface area contributed by atoms with Crippen molar-refractivity contribution in [3.63, 3.8) is 0 Å². The first-order valence-corrected chi connectivity index (χ1v) is 6.34. The standard InChI is InChI=1S/C13H17N5O2/c1-3-4-10-6-9(7-11(15-10)17-14)13(19)16-12-5-8(2)18-20-12/h5-7H,3-4,14H2,1-2H3,(H,15,17)(H,16,19). The first-order chi connectivity index (χ1) is 9.62. The molecule has 2 aromatic heterocycles. The number of carbonyl (C=O) groups is 1. The smallest absolute Gasteiger partial charge is 0.258 e. The van der Waals surface area contributed by atoms with E-state index in [1.54, 1.807) is 25.1 Å². The van der Waals surface area contributed by atoms with Crippen LogP contribution in [0.5, 0.6) is 0 Å². The first kappa shape index (κ1) is 14.0. The molecule has 0 saturated heterocycles. The van der Waals surface area contributed by atoms with Gasteiger partial charge in [-0.2, -0.15) is 0 Å². The van der Waals surface area contributed by atoms with Crippen molar-refractivity contribution in [2.24, 2.45) is 5.84 Å². The predicted molar refractivity (Wildman–Crippen MR) is 75.2 cm³/mol. The van der Waals surface area contributed by atoms with E-state index >= 15 is 0 Å². The Bertz CT molecular complexity index is 609. The number of carbonyl (C=O) groups excluding carboxylic acids is 1. The van der Waals surface area contributed by atoms with Gasteiger partial charge >= 0.3 is 0 Å². The van der Waals surface area contributed by atoms with Gasteiger partial charge in [-0.3, -0.25) is 10.1 Å². The van der Waals surface area contributed by atoms with Crippen LogP contribution < -0.4 is 16.6 Å². The van der Waals surface area contributed by atoms with Crippen molar-refractivity contribution < 1.29 is 9.32 Å². The van der Waals surface area contributed by atoms with Crippen molar-refractivity contribution in [2.45, 2.75) is 26.7 Å². The van der Waals surface area contributed by atoms with Gasteiger partial charge < -0.3 is 9.95 Å². The number of amides is 1. The third-order valence-corrected chi connectivity index (χ3v) is 2.66. The maximum Gasteiger partial charge on any atom is 0.258 e. The van der Waals surface area contributed by atoms with E-state index in [1.165, 1.54) is 0 Å². The van der Waals surface area contributed by atoms with Crippen molar-refractivity contribution in [2.75, 3.05) is 10.7 Å². The zero-order chi connectivity index (χ0) is 14.5. The summed E-state index contributed by atoms with van der Waals surface area (Å²) < 4.78 is 4.95. The summed E-state index contributed by atoms with van der Waals surface area (Å²) in [6.07, 6.45) is 1.71. The van der Waals surface area contributed by atoms with E-state index in [9.17, 15) is 4.79 Å². The van der Waals surface area contributed by atoms with Crippen LogP contribution in [0.3, 0.4) is 0 Å². The van der Waals surface area contributed by atoms with Crippen LogP contribution in [0.1, 0.15) is 35.1 Å². The molecule has 2 heterocycles. The van der Waals surface area contributed by atoms with Crippen molar-refractivity contribution >= 4 is 17.6 Å². The van der Waals surface area contributed by atoms with E-state index in [0.717, 1.165) is 18.5 Å². The van der Waals surface area contributed by atoms with Crippen molar-refractivity contribution in [1.29, 1.82) is 0 Å². The average Bonchev–Trinajstić information content (AvgIpc) is 2.84. The highest BCUT2D eigenvalue weighted by molar-refractivity contribution is 6.04. The van der Waals surface area contributed by atoms with Gasteiger partial charge in [0, 0.05) is 17.3 Å². The van der Waals surface area contributed by atoms with E-state index in [-0.39, 0.29) is 5.91 Å². The summed E-state index contributed by atoms with van der Waals surface area (Å²) in [5.41, 5.74) is 4.43. The van der Waals surface area contributed by atoms with Gasteiger partial charge in [-0.15, -0.1) is 0 Å². The van der Waals surface area contributed by atoms with E-state index in [1.807, 2.05) is 6.92 Å². The molecule has 2 rings (SSSR count). The maximum atomic E-state index is 12.2. The Morgan fingerprint density at radius 2 is 2.20 bits per heavy atom. The Hall–Kier alpha value is -2.41. The molecule has 0 spiro atoms. The minimum absolute atomic E-state index is 0.294. The molecule has 0 aromatic carbocycles. The van der Waals surface area contributed by atoms with E-state index in [2.05, 4.69) is 20.9 Å². The van der Waals surface area contributed by atoms with Gasteiger partial charge in [0.05, 0.1) is 5.69 Å². The Morgan fingerprint density at radius 3 is 2.80 bits per heavy atom. The van der Waals surface area contributed by atoms with E-state index < -0.39 is 0 Å². The summed E-state index contributed by atoms with van der Waals surface area (Å²) in [6.45, 7) is 3.82. The van der Waals surface area contributed by atoms with Gasteiger partial charge in [-0.1, -0.05) is 18.5 Å². The molecule has 0 bridgehead atoms. The van der Waals surface area contributed by atoms with Gasteiger partial charge in [0.1, 0.15) is 5.82 Å². The van der Waals surface area contributed by atoms with Gasteiger partial charge in [-0.05, 0) is 25.5 Å². The quantitative estimate of drug-likeness (QED) is 0.568. The van der Waals surface area contributed by atoms with Crippen molar-refractivity contribution in [1.82, 2.24) is 10.1 Å². The highest BCUT2D eigenvalue weighted by atomic mass is 16.5. The molecular formula is C13H17N5O2. The molecule has 0 aliphatic heterocycles. The number of aryl methyl sites for hydroxylation is 2. The lowest BCUT2D eigenvalue weighted by atomic mass is 10.1. The number of anilines is 2. The van der Waals surface area contributed by atoms with Gasteiger partial charge in [0.25, 0.3) is 5.91 Å². The lowest BCUT2D eigenvalue weighted by Gasteiger charge is -2.07. The SMILES string of the molecule is CCCc1cc(C(=O)Nc2cc(C)no2)cc(NN)n1. The van der Waals surface area contributed by atoms with Crippen LogP contribution in [0.15, 0.2) is 22.7 Å². The third-order valence-electron chi connectivity index (χ3n) is 2.66. The van der Waals surface area contributed by atoms with Crippen LogP contribution in [0.2, 0.25) is 0 Å². The molecule has 0 aliphatic rings. The fraction of sp³-hybridized carbons (Fsp3) is 0.308. The minimum atomic E-state index is -0.294. The summed E-state index contributed by atoms with van der Waals surface area (Å²) in [4.78, 5) is 16.4. The Labute approximate surface area is 116 Å². The zero-order valence-electron chi connectivity index (χ0n) is 11.4. The normalized spacial score (nSPS) is 10.3. The van der Waals surface area contributed by atoms with Crippen LogP contribution in [0.25, 0.3) is 0 Å². The maximum absolute atomic E-state index is 12.2. The van der Waals surface area contributed by atoms with Crippen LogP contribution in [-0.4, -0.2) is 16.0 Å². The van der Waals surface area contributed by atoms with Crippen LogP contribution >= 0.6 is 0 Å². The number of rotatable bonds is 5. The number of hydrazine groups is 1. The average molecular weight is 275 g/mol. The number of nitrogens with two attached hydrogens (primary N) is 1. The number of aromatic nitrogens is 2. The fourth-order valence-corrected chi connectivity index (χ4v) is 1.78. The van der Waals surface area contributed by atoms with Crippen LogP contribution in [0, 0.1) is 6.92 Å². The van der Waals surface area contributed by atoms with E-state index in [0.29, 0.717) is 23.0 Å². The molecule has 0 unspecified atom stereocenters. The molecule has 0 aliphatic carbocycles. The topological polar surface area (TPSA) is 106 Å². The highest BCUT2D eigenvalue weighted by Gasteiger charge is 2.12.